The van der Waals surface area contributed by atoms with Crippen LogP contribution in [0.5, 0.6) is 0 Å². The van der Waals surface area contributed by atoms with Crippen LogP contribution in [-0.4, -0.2) is 22.5 Å². The number of benzene rings is 2. The zero-order valence-electron chi connectivity index (χ0n) is 11.7. The number of aliphatic imine (C=N–C) groups is 1. The van der Waals surface area contributed by atoms with Crippen LogP contribution in [0.2, 0.25) is 0 Å². The van der Waals surface area contributed by atoms with E-state index >= 15 is 0 Å². The van der Waals surface area contributed by atoms with Crippen LogP contribution in [-0.2, 0) is 4.79 Å². The molecule has 0 saturated carbocycles. The van der Waals surface area contributed by atoms with Crippen LogP contribution in [0.3, 0.4) is 0 Å². The Morgan fingerprint density at radius 1 is 1.10 bits per heavy atom. The van der Waals surface area contributed by atoms with Crippen molar-refractivity contribution in [1.29, 1.82) is 0 Å². The quantitative estimate of drug-likeness (QED) is 0.908. The fraction of sp³-hybridized carbons (Fsp3) is 0.176. The number of carboxylic acid groups (broad SMARTS) is 1. The van der Waals surface area contributed by atoms with Gasteiger partial charge in [0.2, 0.25) is 0 Å². The van der Waals surface area contributed by atoms with Crippen molar-refractivity contribution in [2.75, 3.05) is 0 Å². The number of hydrogen-bond donors (Lipinski definition) is 2. The van der Waals surface area contributed by atoms with Crippen molar-refractivity contribution < 1.29 is 9.90 Å². The number of rotatable bonds is 3. The van der Waals surface area contributed by atoms with Gasteiger partial charge >= 0.3 is 5.97 Å². The number of amidine groups is 1. The monoisotopic (exact) mass is 280 g/mol. The van der Waals surface area contributed by atoms with E-state index < -0.39 is 17.6 Å². The van der Waals surface area contributed by atoms with E-state index in [4.69, 9.17) is 0 Å². The maximum absolute atomic E-state index is 11.7. The summed E-state index contributed by atoms with van der Waals surface area (Å²) in [7, 11) is 0. The molecular formula is C17H16N2O2. The Labute approximate surface area is 123 Å². The van der Waals surface area contributed by atoms with Crippen molar-refractivity contribution in [3.8, 4) is 0 Å². The van der Waals surface area contributed by atoms with E-state index in [1.165, 1.54) is 0 Å². The molecule has 1 heterocycles. The van der Waals surface area contributed by atoms with Gasteiger partial charge in [-0.15, -0.1) is 0 Å². The number of aliphatic carboxylic acids is 1. The van der Waals surface area contributed by atoms with Gasteiger partial charge in [0.05, 0.1) is 0 Å². The largest absolute Gasteiger partial charge is 0.479 e. The zero-order chi connectivity index (χ0) is 14.9. The lowest BCUT2D eigenvalue weighted by Crippen LogP contribution is -2.51. The van der Waals surface area contributed by atoms with Gasteiger partial charge in [-0.2, -0.15) is 0 Å². The maximum atomic E-state index is 11.7. The average molecular weight is 280 g/mol. The Morgan fingerprint density at radius 2 is 1.67 bits per heavy atom. The molecule has 4 nitrogen and oxygen atoms in total. The molecule has 2 unspecified atom stereocenters. The van der Waals surface area contributed by atoms with Gasteiger partial charge < -0.3 is 10.4 Å². The fourth-order valence-electron chi connectivity index (χ4n) is 2.56. The highest BCUT2D eigenvalue weighted by atomic mass is 16.4. The van der Waals surface area contributed by atoms with E-state index in [1.807, 2.05) is 60.7 Å². The highest BCUT2D eigenvalue weighted by molar-refractivity contribution is 6.04. The summed E-state index contributed by atoms with van der Waals surface area (Å²) in [4.78, 5) is 16.4. The molecule has 1 aliphatic rings. The van der Waals surface area contributed by atoms with Crippen molar-refractivity contribution in [2.24, 2.45) is 4.99 Å². The third-order valence-electron chi connectivity index (χ3n) is 3.79. The summed E-state index contributed by atoms with van der Waals surface area (Å²) < 4.78 is 0. The highest BCUT2D eigenvalue weighted by Crippen LogP contribution is 2.35. The summed E-state index contributed by atoms with van der Waals surface area (Å²) in [5.41, 5.74) is 0.635. The smallest absolute Gasteiger partial charge is 0.331 e. The Kier molecular flexibility index (Phi) is 3.22. The highest BCUT2D eigenvalue weighted by Gasteiger charge is 2.47. The minimum Gasteiger partial charge on any atom is -0.479 e. The summed E-state index contributed by atoms with van der Waals surface area (Å²) in [5, 5.41) is 12.7. The molecular weight excluding hydrogens is 264 g/mol. The molecule has 2 aromatic rings. The van der Waals surface area contributed by atoms with Crippen molar-refractivity contribution in [1.82, 2.24) is 5.32 Å². The second-order valence-corrected chi connectivity index (χ2v) is 5.29. The van der Waals surface area contributed by atoms with E-state index in [0.29, 0.717) is 5.84 Å². The van der Waals surface area contributed by atoms with Gasteiger partial charge in [0.15, 0.2) is 5.54 Å². The van der Waals surface area contributed by atoms with E-state index in [0.717, 1.165) is 11.1 Å². The summed E-state index contributed by atoms with van der Waals surface area (Å²) in [6.07, 6.45) is 0. The summed E-state index contributed by atoms with van der Waals surface area (Å²) in [5.74, 6) is -0.291. The van der Waals surface area contributed by atoms with Gasteiger partial charge in [-0.3, -0.25) is 4.99 Å². The third-order valence-corrected chi connectivity index (χ3v) is 3.79. The maximum Gasteiger partial charge on any atom is 0.331 e. The number of carbonyl (C=O) groups is 1. The lowest BCUT2D eigenvalue weighted by molar-refractivity contribution is -0.144. The van der Waals surface area contributed by atoms with Crippen molar-refractivity contribution in [3.63, 3.8) is 0 Å². The Morgan fingerprint density at radius 3 is 2.24 bits per heavy atom. The van der Waals surface area contributed by atoms with E-state index in [1.54, 1.807) is 6.92 Å². The number of nitrogens with one attached hydrogen (secondary N) is 1. The molecule has 3 rings (SSSR count). The van der Waals surface area contributed by atoms with Gasteiger partial charge in [-0.1, -0.05) is 60.7 Å². The third kappa shape index (κ3) is 2.29. The van der Waals surface area contributed by atoms with Gasteiger partial charge in [-0.25, -0.2) is 4.79 Å². The van der Waals surface area contributed by atoms with Gasteiger partial charge in [-0.05, 0) is 12.5 Å². The normalized spacial score (nSPS) is 24.2. The van der Waals surface area contributed by atoms with Crippen molar-refractivity contribution in [3.05, 3.63) is 71.8 Å². The van der Waals surface area contributed by atoms with Gasteiger partial charge in [0, 0.05) is 5.56 Å². The molecule has 21 heavy (non-hydrogen) atoms. The Hall–Kier alpha value is -2.62. The first kappa shape index (κ1) is 13.4. The first-order chi connectivity index (χ1) is 10.1. The second kappa shape index (κ2) is 5.05. The standard InChI is InChI=1S/C17H16N2O2/c1-17(16(20)21)14(12-8-4-2-5-9-12)18-15(19-17)13-10-6-3-7-11-13/h2-11,14H,1H3,(H,18,19)(H,20,21). The number of carboxylic acids is 1. The summed E-state index contributed by atoms with van der Waals surface area (Å²) >= 11 is 0. The molecule has 2 aromatic carbocycles. The molecule has 4 heteroatoms. The first-order valence-corrected chi connectivity index (χ1v) is 6.81. The topological polar surface area (TPSA) is 61.7 Å². The van der Waals surface area contributed by atoms with Crippen LogP contribution < -0.4 is 5.32 Å². The van der Waals surface area contributed by atoms with Gasteiger partial charge in [0.1, 0.15) is 11.9 Å². The van der Waals surface area contributed by atoms with Gasteiger partial charge in [0.25, 0.3) is 0 Å². The lowest BCUT2D eigenvalue weighted by atomic mass is 9.88. The molecule has 0 saturated heterocycles. The predicted octanol–water partition coefficient (Wildman–Crippen LogP) is 2.62. The van der Waals surface area contributed by atoms with Crippen LogP contribution in [0.4, 0.5) is 0 Å². The summed E-state index contributed by atoms with van der Waals surface area (Å²) in [6.45, 7) is 1.67. The molecule has 0 aliphatic carbocycles. The molecule has 0 fully saturated rings. The molecule has 2 N–H and O–H groups in total. The average Bonchev–Trinajstić information content (AvgIpc) is 2.88. The molecule has 0 spiro atoms. The predicted molar refractivity (Wildman–Crippen MR) is 81.3 cm³/mol. The van der Waals surface area contributed by atoms with Crippen LogP contribution in [0.1, 0.15) is 24.1 Å². The molecule has 0 aromatic heterocycles. The number of hydrogen-bond acceptors (Lipinski definition) is 3. The van der Waals surface area contributed by atoms with Crippen LogP contribution in [0, 0.1) is 0 Å². The minimum atomic E-state index is -1.15. The van der Waals surface area contributed by atoms with Crippen molar-refractivity contribution in [2.45, 2.75) is 18.5 Å². The second-order valence-electron chi connectivity index (χ2n) is 5.29. The SMILES string of the molecule is CC1(C(=O)O)NC(c2ccccc2)=NC1c1ccccc1. The lowest BCUT2D eigenvalue weighted by Gasteiger charge is -2.26. The zero-order valence-corrected chi connectivity index (χ0v) is 11.7. The summed E-state index contributed by atoms with van der Waals surface area (Å²) in [6, 6.07) is 18.6. The molecule has 1 aliphatic heterocycles. The Bertz CT molecular complexity index is 682. The molecule has 0 radical (unpaired) electrons. The molecule has 2 atom stereocenters. The van der Waals surface area contributed by atoms with Crippen LogP contribution >= 0.6 is 0 Å². The van der Waals surface area contributed by atoms with E-state index in [2.05, 4.69) is 10.3 Å². The van der Waals surface area contributed by atoms with Crippen molar-refractivity contribution >= 4 is 11.8 Å². The number of nitrogens with zero attached hydrogens (tertiary/aromatic N) is 1. The van der Waals surface area contributed by atoms with E-state index in [9.17, 15) is 9.90 Å². The minimum absolute atomic E-state index is 0.452. The molecule has 0 amide bonds. The molecule has 0 bridgehead atoms. The van der Waals surface area contributed by atoms with E-state index in [-0.39, 0.29) is 0 Å². The first-order valence-electron chi connectivity index (χ1n) is 6.81. The molecule has 106 valence electrons. The van der Waals surface area contributed by atoms with Crippen LogP contribution in [0.15, 0.2) is 65.7 Å². The Balaban J connectivity index is 2.05. The fourth-order valence-corrected chi connectivity index (χ4v) is 2.56. The van der Waals surface area contributed by atoms with Crippen LogP contribution in [0.25, 0.3) is 0 Å².